The number of aliphatic hydroxyl groups excluding tert-OH is 1. The van der Waals surface area contributed by atoms with E-state index in [0.29, 0.717) is 32.5 Å². The molecular formula is C31H47N3O4. The number of piperidine rings is 2. The fourth-order valence-corrected chi connectivity index (χ4v) is 5.70. The first-order valence-corrected chi connectivity index (χ1v) is 14.4. The summed E-state index contributed by atoms with van der Waals surface area (Å²) in [4.78, 5) is 16.3. The minimum Gasteiger partial charge on any atom is -0.445 e. The molecule has 7 heteroatoms. The SMILES string of the molecule is CC.CC.O=C(OCc1ccccc1)N1CCC(O)(C(O)CN2CCC3(CC2)CNc2ccccc23)CC1. The van der Waals surface area contributed by atoms with Crippen molar-refractivity contribution in [1.82, 2.24) is 9.80 Å². The van der Waals surface area contributed by atoms with E-state index >= 15 is 0 Å². The third kappa shape index (κ3) is 6.87. The monoisotopic (exact) mass is 525 g/mol. The highest BCUT2D eigenvalue weighted by Gasteiger charge is 2.44. The highest BCUT2D eigenvalue weighted by atomic mass is 16.6. The minimum absolute atomic E-state index is 0.181. The molecule has 0 bridgehead atoms. The average molecular weight is 526 g/mol. The second-order valence-electron chi connectivity index (χ2n) is 10.1. The van der Waals surface area contributed by atoms with Gasteiger partial charge in [-0.05, 0) is 56.0 Å². The maximum Gasteiger partial charge on any atom is 0.410 e. The van der Waals surface area contributed by atoms with Crippen molar-refractivity contribution in [2.75, 3.05) is 44.6 Å². The molecule has 210 valence electrons. The summed E-state index contributed by atoms with van der Waals surface area (Å²) in [6.45, 7) is 12.2. The number of likely N-dealkylation sites (tertiary alicyclic amines) is 2. The maximum atomic E-state index is 12.4. The number of anilines is 1. The second kappa shape index (κ2) is 14.0. The number of nitrogens with one attached hydrogen (secondary N) is 1. The molecule has 3 aliphatic rings. The number of carbonyl (C=O) groups excluding carboxylic acids is 1. The third-order valence-electron chi connectivity index (χ3n) is 8.07. The van der Waals surface area contributed by atoms with Crippen molar-refractivity contribution in [2.45, 2.75) is 77.1 Å². The summed E-state index contributed by atoms with van der Waals surface area (Å²) in [5, 5.41) is 25.6. The van der Waals surface area contributed by atoms with Gasteiger partial charge in [-0.3, -0.25) is 0 Å². The van der Waals surface area contributed by atoms with Gasteiger partial charge in [0.1, 0.15) is 6.61 Å². The van der Waals surface area contributed by atoms with Crippen LogP contribution in [0.2, 0.25) is 0 Å². The van der Waals surface area contributed by atoms with Gasteiger partial charge in [0.2, 0.25) is 0 Å². The van der Waals surface area contributed by atoms with Crippen LogP contribution in [0.15, 0.2) is 54.6 Å². The Bertz CT molecular complexity index is 984. The number of carbonyl (C=O) groups is 1. The summed E-state index contributed by atoms with van der Waals surface area (Å²) >= 11 is 0. The largest absolute Gasteiger partial charge is 0.445 e. The van der Waals surface area contributed by atoms with Gasteiger partial charge < -0.3 is 30.1 Å². The Morgan fingerprint density at radius 2 is 1.53 bits per heavy atom. The first kappa shape index (κ1) is 29.9. The molecule has 5 rings (SSSR count). The number of hydrogen-bond donors (Lipinski definition) is 3. The predicted octanol–water partition coefficient (Wildman–Crippen LogP) is 5.02. The minimum atomic E-state index is -1.17. The molecule has 2 aromatic carbocycles. The number of nitrogens with zero attached hydrogens (tertiary/aromatic N) is 2. The summed E-state index contributed by atoms with van der Waals surface area (Å²) < 4.78 is 5.42. The Kier molecular flexibility index (Phi) is 11.0. The van der Waals surface area contributed by atoms with Gasteiger partial charge in [-0.2, -0.15) is 0 Å². The van der Waals surface area contributed by atoms with Crippen molar-refractivity contribution in [3.63, 3.8) is 0 Å². The molecule has 1 unspecified atom stereocenters. The van der Waals surface area contributed by atoms with E-state index in [2.05, 4.69) is 34.5 Å². The van der Waals surface area contributed by atoms with E-state index in [1.165, 1.54) is 11.3 Å². The van der Waals surface area contributed by atoms with Crippen LogP contribution in [0.4, 0.5) is 10.5 Å². The number of rotatable bonds is 5. The third-order valence-corrected chi connectivity index (χ3v) is 8.07. The van der Waals surface area contributed by atoms with Crippen molar-refractivity contribution in [1.29, 1.82) is 0 Å². The summed E-state index contributed by atoms with van der Waals surface area (Å²) in [5.74, 6) is 0. The molecule has 0 saturated carbocycles. The zero-order valence-corrected chi connectivity index (χ0v) is 23.7. The molecule has 2 fully saturated rings. The van der Waals surface area contributed by atoms with Crippen LogP contribution in [-0.4, -0.2) is 77.1 Å². The van der Waals surface area contributed by atoms with Crippen molar-refractivity contribution in [3.05, 3.63) is 65.7 Å². The molecule has 0 aliphatic carbocycles. The molecule has 1 atom stereocenters. The normalized spacial score (nSPS) is 20.1. The quantitative estimate of drug-likeness (QED) is 0.508. The van der Waals surface area contributed by atoms with Crippen LogP contribution in [0.3, 0.4) is 0 Å². The lowest BCUT2D eigenvalue weighted by atomic mass is 9.74. The number of hydrogen-bond acceptors (Lipinski definition) is 6. The van der Waals surface area contributed by atoms with Crippen LogP contribution in [0, 0.1) is 0 Å². The zero-order valence-electron chi connectivity index (χ0n) is 23.7. The van der Waals surface area contributed by atoms with Gasteiger partial charge in [0.25, 0.3) is 0 Å². The topological polar surface area (TPSA) is 85.3 Å². The van der Waals surface area contributed by atoms with Crippen LogP contribution >= 0.6 is 0 Å². The van der Waals surface area contributed by atoms with Gasteiger partial charge in [-0.25, -0.2) is 4.79 Å². The number of ether oxygens (including phenoxy) is 1. The number of fused-ring (bicyclic) bond motifs is 2. The molecule has 38 heavy (non-hydrogen) atoms. The van der Waals surface area contributed by atoms with Crippen LogP contribution in [0.25, 0.3) is 0 Å². The predicted molar refractivity (Wildman–Crippen MR) is 153 cm³/mol. The molecule has 7 nitrogen and oxygen atoms in total. The molecule has 1 spiro atoms. The van der Waals surface area contributed by atoms with Gasteiger partial charge >= 0.3 is 6.09 Å². The lowest BCUT2D eigenvalue weighted by Gasteiger charge is -2.44. The first-order valence-electron chi connectivity index (χ1n) is 14.4. The van der Waals surface area contributed by atoms with Gasteiger partial charge in [-0.15, -0.1) is 0 Å². The maximum absolute atomic E-state index is 12.4. The second-order valence-corrected chi connectivity index (χ2v) is 10.1. The Balaban J connectivity index is 0.000000956. The molecule has 0 radical (unpaired) electrons. The van der Waals surface area contributed by atoms with Gasteiger partial charge in [-0.1, -0.05) is 76.2 Å². The fraction of sp³-hybridized carbons (Fsp3) is 0.581. The summed E-state index contributed by atoms with van der Waals surface area (Å²) in [6, 6.07) is 18.2. The van der Waals surface area contributed by atoms with Crippen molar-refractivity contribution < 1.29 is 19.7 Å². The molecule has 0 aromatic heterocycles. The van der Waals surface area contributed by atoms with Crippen LogP contribution in [0.1, 0.15) is 64.5 Å². The van der Waals surface area contributed by atoms with Gasteiger partial charge in [0, 0.05) is 37.3 Å². The van der Waals surface area contributed by atoms with E-state index in [4.69, 9.17) is 4.74 Å². The molecular weight excluding hydrogens is 478 g/mol. The number of benzene rings is 2. The molecule has 1 amide bonds. The standard InChI is InChI=1S/C27H35N3O4.2C2H6/c31-24(18-29-14-10-26(11-15-29)20-28-23-9-5-4-8-22(23)26)27(33)12-16-30(17-13-27)25(32)34-19-21-6-2-1-3-7-21;2*1-2/h1-9,24,28,31,33H,10-20H2;2*1-2H3. The average Bonchev–Trinajstić information content (AvgIpc) is 3.34. The van der Waals surface area contributed by atoms with Crippen molar-refractivity contribution in [2.24, 2.45) is 0 Å². The Morgan fingerprint density at radius 1 is 0.921 bits per heavy atom. The van der Waals surface area contributed by atoms with Crippen LogP contribution in [-0.2, 0) is 16.8 Å². The Labute approximate surface area is 228 Å². The Hall–Kier alpha value is -2.61. The number of aliphatic hydroxyl groups is 2. The first-order chi connectivity index (χ1) is 18.5. The number of para-hydroxylation sites is 1. The van der Waals surface area contributed by atoms with Crippen LogP contribution in [0.5, 0.6) is 0 Å². The van der Waals surface area contributed by atoms with E-state index in [-0.39, 0.29) is 18.1 Å². The van der Waals surface area contributed by atoms with E-state index in [9.17, 15) is 15.0 Å². The van der Waals surface area contributed by atoms with Gasteiger partial charge in [0.05, 0.1) is 11.7 Å². The molecule has 3 heterocycles. The lowest BCUT2D eigenvalue weighted by molar-refractivity contribution is -0.116. The Morgan fingerprint density at radius 3 is 2.18 bits per heavy atom. The highest BCUT2D eigenvalue weighted by molar-refractivity contribution is 5.67. The van der Waals surface area contributed by atoms with Crippen LogP contribution < -0.4 is 5.32 Å². The van der Waals surface area contributed by atoms with Crippen molar-refractivity contribution in [3.8, 4) is 0 Å². The highest BCUT2D eigenvalue weighted by Crippen LogP contribution is 2.44. The van der Waals surface area contributed by atoms with E-state index < -0.39 is 11.7 Å². The zero-order chi connectivity index (χ0) is 27.6. The number of amides is 1. The smallest absolute Gasteiger partial charge is 0.410 e. The molecule has 3 N–H and O–H groups in total. The number of β-amino-alcohol motifs (C(OH)–C–C–N with tert-alkyl or cyclic N) is 1. The van der Waals surface area contributed by atoms with Gasteiger partial charge in [0.15, 0.2) is 0 Å². The summed E-state index contributed by atoms with van der Waals surface area (Å²) in [5.41, 5.74) is 2.62. The molecule has 2 aromatic rings. The van der Waals surface area contributed by atoms with E-state index in [0.717, 1.165) is 38.0 Å². The summed E-state index contributed by atoms with van der Waals surface area (Å²) in [6.07, 6.45) is 1.59. The van der Waals surface area contributed by atoms with E-state index in [1.54, 1.807) is 4.90 Å². The fourth-order valence-electron chi connectivity index (χ4n) is 5.70. The molecule has 3 aliphatic heterocycles. The van der Waals surface area contributed by atoms with Crippen molar-refractivity contribution >= 4 is 11.8 Å². The summed E-state index contributed by atoms with van der Waals surface area (Å²) in [7, 11) is 0. The lowest BCUT2D eigenvalue weighted by Crippen LogP contribution is -2.56. The molecule has 2 saturated heterocycles. The van der Waals surface area contributed by atoms with E-state index in [1.807, 2.05) is 58.0 Å².